The molecule has 0 saturated heterocycles. The van der Waals surface area contributed by atoms with Crippen molar-refractivity contribution >= 4 is 59.7 Å². The van der Waals surface area contributed by atoms with Crippen LogP contribution in [0.25, 0.3) is 82.6 Å². The monoisotopic (exact) mass is 563 g/mol. The molecule has 0 unspecified atom stereocenters. The second-order valence-electron chi connectivity index (χ2n) is 11.2. The van der Waals surface area contributed by atoms with Crippen LogP contribution in [-0.4, -0.2) is 24.9 Å². The first kappa shape index (κ1) is 24.8. The van der Waals surface area contributed by atoms with Crippen LogP contribution in [0, 0.1) is 0 Å². The summed E-state index contributed by atoms with van der Waals surface area (Å²) in [6.07, 6.45) is 10.3. The third-order valence-corrected chi connectivity index (χ3v) is 8.57. The molecule has 0 fully saturated rings. The minimum Gasteiger partial charge on any atom is -0.256 e. The van der Waals surface area contributed by atoms with Gasteiger partial charge in [0.25, 0.3) is 0 Å². The van der Waals surface area contributed by atoms with Crippen molar-refractivity contribution in [1.82, 2.24) is 24.9 Å². The zero-order valence-electron chi connectivity index (χ0n) is 23.8. The predicted octanol–water partition coefficient (Wildman–Crippen LogP) is 9.49. The number of hydrogen-bond acceptors (Lipinski definition) is 5. The van der Waals surface area contributed by atoms with Gasteiger partial charge in [0.2, 0.25) is 0 Å². The Morgan fingerprint density at radius 2 is 1.09 bits per heavy atom. The molecular weight excluding hydrogens is 538 g/mol. The van der Waals surface area contributed by atoms with E-state index in [-0.39, 0.29) is 0 Å². The number of fused-ring (bicyclic) bond motifs is 9. The summed E-state index contributed by atoms with van der Waals surface area (Å²) in [4.78, 5) is 24.6. The van der Waals surface area contributed by atoms with Crippen molar-refractivity contribution in [3.63, 3.8) is 0 Å². The molecule has 5 nitrogen and oxygen atoms in total. The van der Waals surface area contributed by atoms with E-state index >= 15 is 0 Å². The molecule has 3 heterocycles. The average Bonchev–Trinajstić information content (AvgIpc) is 3.11. The van der Waals surface area contributed by atoms with Crippen LogP contribution in [0.15, 0.2) is 128 Å². The molecule has 1 aliphatic rings. The first-order valence-electron chi connectivity index (χ1n) is 14.9. The highest BCUT2D eigenvalue weighted by Crippen LogP contribution is 2.36. The summed E-state index contributed by atoms with van der Waals surface area (Å²) in [5.41, 5.74) is 4.66. The topological polar surface area (TPSA) is 64.5 Å². The van der Waals surface area contributed by atoms with Crippen molar-refractivity contribution in [2.24, 2.45) is 0 Å². The van der Waals surface area contributed by atoms with E-state index in [1.54, 1.807) is 0 Å². The van der Waals surface area contributed by atoms with E-state index in [1.165, 1.54) is 26.9 Å². The third kappa shape index (κ3) is 3.97. The summed E-state index contributed by atoms with van der Waals surface area (Å²) in [6, 6.07) is 35.9. The van der Waals surface area contributed by atoms with Crippen LogP contribution in [0.2, 0.25) is 0 Å². The van der Waals surface area contributed by atoms with Crippen molar-refractivity contribution in [1.29, 1.82) is 0 Å². The number of nitrogens with zero attached hydrogens (tertiary/aromatic N) is 5. The lowest BCUT2D eigenvalue weighted by Gasteiger charge is -2.12. The molecule has 5 aromatic carbocycles. The van der Waals surface area contributed by atoms with Gasteiger partial charge in [-0.05, 0) is 46.5 Å². The molecule has 0 N–H and O–H groups in total. The van der Waals surface area contributed by atoms with Gasteiger partial charge in [0.1, 0.15) is 5.69 Å². The minimum absolute atomic E-state index is 0.568. The maximum absolute atomic E-state index is 5.20. The zero-order chi connectivity index (χ0) is 29.0. The van der Waals surface area contributed by atoms with Crippen LogP contribution in [-0.2, 0) is 0 Å². The molecule has 0 amide bonds. The van der Waals surface area contributed by atoms with Crippen molar-refractivity contribution in [3.8, 4) is 22.9 Å². The van der Waals surface area contributed by atoms with Crippen LogP contribution in [0.1, 0.15) is 18.7 Å². The van der Waals surface area contributed by atoms with Crippen LogP contribution in [0.3, 0.4) is 0 Å². The number of rotatable bonds is 3. The zero-order valence-corrected chi connectivity index (χ0v) is 23.8. The molecule has 0 saturated carbocycles. The fourth-order valence-electron chi connectivity index (χ4n) is 6.41. The average molecular weight is 564 g/mol. The Kier molecular flexibility index (Phi) is 5.56. The maximum Gasteiger partial charge on any atom is 0.182 e. The molecule has 0 aliphatic heterocycles. The maximum atomic E-state index is 5.20. The molecule has 0 radical (unpaired) electrons. The highest BCUT2D eigenvalue weighted by Gasteiger charge is 2.16. The van der Waals surface area contributed by atoms with E-state index in [1.807, 2.05) is 48.7 Å². The molecule has 206 valence electrons. The summed E-state index contributed by atoms with van der Waals surface area (Å²) < 4.78 is 0. The van der Waals surface area contributed by atoms with Gasteiger partial charge in [-0.15, -0.1) is 0 Å². The van der Waals surface area contributed by atoms with E-state index in [0.29, 0.717) is 17.5 Å². The second-order valence-corrected chi connectivity index (χ2v) is 11.2. The van der Waals surface area contributed by atoms with Gasteiger partial charge in [0, 0.05) is 38.9 Å². The number of hydrogen-bond donors (Lipinski definition) is 0. The fraction of sp³-hybridized carbons (Fsp3) is 0.0513. The number of allylic oxidation sites excluding steroid dienone is 4. The fourth-order valence-corrected chi connectivity index (χ4v) is 6.41. The van der Waals surface area contributed by atoms with E-state index < -0.39 is 0 Å². The molecule has 5 heteroatoms. The van der Waals surface area contributed by atoms with Crippen molar-refractivity contribution < 1.29 is 0 Å². The molecule has 44 heavy (non-hydrogen) atoms. The Bertz CT molecular complexity index is 2500. The quantitative estimate of drug-likeness (QED) is 0.200. The summed E-state index contributed by atoms with van der Waals surface area (Å²) in [5, 5.41) is 9.27. The lowest BCUT2D eigenvalue weighted by atomic mass is 9.94. The van der Waals surface area contributed by atoms with Gasteiger partial charge in [0.15, 0.2) is 17.5 Å². The van der Waals surface area contributed by atoms with Crippen molar-refractivity contribution in [3.05, 3.63) is 133 Å². The molecule has 9 rings (SSSR count). The van der Waals surface area contributed by atoms with Gasteiger partial charge >= 0.3 is 0 Å². The standard InChI is InChI=1S/C39H25N5/c1-3-8-26(9-4-1)37-42-38(27-10-5-2-6-11-27)44-39(43-37)34-22-15-25-14-17-31-29-18-20-32-30(16-13-24-12-7-23-40-35(24)32)28(29)19-21-33(31)36(25)41-34/h1,3-5,7-23H,2,6H2. The molecular formula is C39H25N5. The van der Waals surface area contributed by atoms with Crippen LogP contribution < -0.4 is 0 Å². The molecule has 0 bridgehead atoms. The summed E-state index contributed by atoms with van der Waals surface area (Å²) in [6.45, 7) is 0. The third-order valence-electron chi connectivity index (χ3n) is 8.57. The van der Waals surface area contributed by atoms with E-state index in [0.717, 1.165) is 56.9 Å². The molecule has 0 atom stereocenters. The Hall–Kier alpha value is -5.81. The normalized spacial score (nSPS) is 13.3. The van der Waals surface area contributed by atoms with E-state index in [4.69, 9.17) is 19.9 Å². The largest absolute Gasteiger partial charge is 0.256 e. The highest BCUT2D eigenvalue weighted by atomic mass is 15.0. The predicted molar refractivity (Wildman–Crippen MR) is 180 cm³/mol. The van der Waals surface area contributed by atoms with Gasteiger partial charge in [-0.3, -0.25) is 4.98 Å². The lowest BCUT2D eigenvalue weighted by molar-refractivity contribution is 1.00. The van der Waals surface area contributed by atoms with Gasteiger partial charge in [-0.1, -0.05) is 109 Å². The van der Waals surface area contributed by atoms with Crippen LogP contribution >= 0.6 is 0 Å². The van der Waals surface area contributed by atoms with Crippen LogP contribution in [0.4, 0.5) is 0 Å². The lowest BCUT2D eigenvalue weighted by Crippen LogP contribution is -2.04. The molecule has 3 aromatic heterocycles. The van der Waals surface area contributed by atoms with Crippen LogP contribution in [0.5, 0.6) is 0 Å². The van der Waals surface area contributed by atoms with Gasteiger partial charge in [-0.2, -0.15) is 0 Å². The Morgan fingerprint density at radius 1 is 0.455 bits per heavy atom. The Morgan fingerprint density at radius 3 is 1.86 bits per heavy atom. The first-order valence-corrected chi connectivity index (χ1v) is 14.9. The smallest absolute Gasteiger partial charge is 0.182 e. The summed E-state index contributed by atoms with van der Waals surface area (Å²) in [5.74, 6) is 1.88. The van der Waals surface area contributed by atoms with E-state index in [2.05, 4.69) is 83.9 Å². The number of aromatic nitrogens is 5. The SMILES string of the molecule is C1=CC(c2nc(-c3ccccc3)nc(-c3ccc4ccc5c6ccc7c(ccc8cccnc87)c6ccc5c4n3)n2)=CCC1. The minimum atomic E-state index is 0.568. The van der Waals surface area contributed by atoms with E-state index in [9.17, 15) is 0 Å². The first-order chi connectivity index (χ1) is 21.8. The molecule has 8 aromatic rings. The van der Waals surface area contributed by atoms with Gasteiger partial charge < -0.3 is 0 Å². The highest BCUT2D eigenvalue weighted by molar-refractivity contribution is 6.24. The summed E-state index contributed by atoms with van der Waals surface area (Å²) >= 11 is 0. The van der Waals surface area contributed by atoms with Crippen molar-refractivity contribution in [2.45, 2.75) is 12.8 Å². The molecule has 0 spiro atoms. The van der Waals surface area contributed by atoms with Gasteiger partial charge in [-0.25, -0.2) is 19.9 Å². The number of benzene rings is 5. The van der Waals surface area contributed by atoms with Gasteiger partial charge in [0.05, 0.1) is 11.0 Å². The Balaban J connectivity index is 1.25. The Labute approximate surface area is 253 Å². The summed E-state index contributed by atoms with van der Waals surface area (Å²) in [7, 11) is 0. The number of pyridine rings is 2. The second kappa shape index (κ2) is 9.89. The van der Waals surface area contributed by atoms with Crippen molar-refractivity contribution in [2.75, 3.05) is 0 Å². The molecule has 1 aliphatic carbocycles.